The molecule has 1 aliphatic heterocycles. The van der Waals surface area contributed by atoms with Gasteiger partial charge in [-0.15, -0.1) is 0 Å². The molecule has 1 aromatic rings. The minimum absolute atomic E-state index is 0.222. The van der Waals surface area contributed by atoms with Gasteiger partial charge in [0.25, 0.3) is 0 Å². The van der Waals surface area contributed by atoms with E-state index in [0.29, 0.717) is 5.02 Å². The van der Waals surface area contributed by atoms with Gasteiger partial charge < -0.3 is 4.74 Å². The number of halogens is 1. The molecule has 0 spiro atoms. The van der Waals surface area contributed by atoms with E-state index in [1.165, 1.54) is 31.4 Å². The lowest BCUT2D eigenvalue weighted by atomic mass is 10.2. The first-order valence-electron chi connectivity index (χ1n) is 5.43. The zero-order chi connectivity index (χ0) is 12.5. The molecule has 0 aliphatic carbocycles. The van der Waals surface area contributed by atoms with Gasteiger partial charge in [0.2, 0.25) is 0 Å². The van der Waals surface area contributed by atoms with Gasteiger partial charge in [0, 0.05) is 18.2 Å². The lowest BCUT2D eigenvalue weighted by molar-refractivity contribution is -0.182. The Hall–Kier alpha value is -1.10. The molecule has 0 bridgehead atoms. The smallest absolute Gasteiger partial charge is 0.372 e. The standard InChI is InChI=1S/C7H5ClO3.C5H10O/c8-6-3-1-2-5(4-6)7(9)11-10;1-2-4-6-5-3-1/h1-4,10H;1-5H2. The van der Waals surface area contributed by atoms with Crippen molar-refractivity contribution in [3.8, 4) is 0 Å². The highest BCUT2D eigenvalue weighted by atomic mass is 35.5. The van der Waals surface area contributed by atoms with E-state index in [1.807, 2.05) is 0 Å². The van der Waals surface area contributed by atoms with Crippen LogP contribution >= 0.6 is 11.6 Å². The van der Waals surface area contributed by atoms with Crippen molar-refractivity contribution in [3.63, 3.8) is 0 Å². The monoisotopic (exact) mass is 258 g/mol. The van der Waals surface area contributed by atoms with Crippen molar-refractivity contribution in [2.24, 2.45) is 0 Å². The number of hydrogen-bond donors (Lipinski definition) is 1. The van der Waals surface area contributed by atoms with Crippen LogP contribution in [-0.4, -0.2) is 24.4 Å². The molecule has 1 heterocycles. The van der Waals surface area contributed by atoms with E-state index in [-0.39, 0.29) is 5.56 Å². The Morgan fingerprint density at radius 3 is 2.41 bits per heavy atom. The summed E-state index contributed by atoms with van der Waals surface area (Å²) >= 11 is 5.56. The van der Waals surface area contributed by atoms with Crippen LogP contribution in [0.2, 0.25) is 5.02 Å². The van der Waals surface area contributed by atoms with Crippen LogP contribution in [0.5, 0.6) is 0 Å². The Balaban J connectivity index is 0.000000202. The van der Waals surface area contributed by atoms with Crippen LogP contribution in [0.15, 0.2) is 24.3 Å². The van der Waals surface area contributed by atoms with Crippen molar-refractivity contribution in [1.29, 1.82) is 0 Å². The average Bonchev–Trinajstić information content (AvgIpc) is 2.40. The number of ether oxygens (including phenoxy) is 1. The van der Waals surface area contributed by atoms with Crippen molar-refractivity contribution in [2.45, 2.75) is 19.3 Å². The van der Waals surface area contributed by atoms with E-state index in [4.69, 9.17) is 21.6 Å². The number of hydrogen-bond acceptors (Lipinski definition) is 4. The molecular formula is C12H15ClO4. The lowest BCUT2D eigenvalue weighted by Crippen LogP contribution is -2.03. The molecule has 17 heavy (non-hydrogen) atoms. The highest BCUT2D eigenvalue weighted by molar-refractivity contribution is 6.30. The Morgan fingerprint density at radius 1 is 1.29 bits per heavy atom. The van der Waals surface area contributed by atoms with Crippen LogP contribution in [0, 0.1) is 0 Å². The van der Waals surface area contributed by atoms with Crippen molar-refractivity contribution < 1.29 is 19.7 Å². The summed E-state index contributed by atoms with van der Waals surface area (Å²) in [4.78, 5) is 14.1. The zero-order valence-corrected chi connectivity index (χ0v) is 10.2. The van der Waals surface area contributed by atoms with E-state index < -0.39 is 5.97 Å². The van der Waals surface area contributed by atoms with Crippen LogP contribution < -0.4 is 0 Å². The van der Waals surface area contributed by atoms with Crippen molar-refractivity contribution in [2.75, 3.05) is 13.2 Å². The van der Waals surface area contributed by atoms with E-state index in [9.17, 15) is 4.79 Å². The van der Waals surface area contributed by atoms with Crippen LogP contribution in [0.4, 0.5) is 0 Å². The summed E-state index contributed by atoms with van der Waals surface area (Å²) in [7, 11) is 0. The van der Waals surface area contributed by atoms with E-state index in [0.717, 1.165) is 13.2 Å². The predicted octanol–water partition coefficient (Wildman–Crippen LogP) is 3.16. The first kappa shape index (κ1) is 14.0. The van der Waals surface area contributed by atoms with Crippen LogP contribution in [0.1, 0.15) is 29.6 Å². The second-order valence-corrected chi connectivity index (χ2v) is 4.00. The SMILES string of the molecule is C1CCOCC1.O=C(OO)c1cccc(Cl)c1. The molecule has 2 rings (SSSR count). The van der Waals surface area contributed by atoms with Crippen LogP contribution in [0.25, 0.3) is 0 Å². The molecule has 1 aromatic carbocycles. The second-order valence-electron chi connectivity index (χ2n) is 3.56. The highest BCUT2D eigenvalue weighted by Gasteiger charge is 2.05. The summed E-state index contributed by atoms with van der Waals surface area (Å²) in [5.74, 6) is -0.813. The third-order valence-corrected chi connectivity index (χ3v) is 2.46. The topological polar surface area (TPSA) is 55.8 Å². The molecule has 0 radical (unpaired) electrons. The Kier molecular flexibility index (Phi) is 6.62. The summed E-state index contributed by atoms with van der Waals surface area (Å²) in [6.45, 7) is 2.00. The number of benzene rings is 1. The van der Waals surface area contributed by atoms with Gasteiger partial charge in [-0.2, -0.15) is 5.26 Å². The number of carbonyl (C=O) groups excluding carboxylic acids is 1. The van der Waals surface area contributed by atoms with E-state index in [1.54, 1.807) is 12.1 Å². The molecule has 1 N–H and O–H groups in total. The van der Waals surface area contributed by atoms with E-state index >= 15 is 0 Å². The maximum Gasteiger partial charge on any atom is 0.372 e. The third-order valence-electron chi connectivity index (χ3n) is 2.22. The molecule has 1 saturated heterocycles. The van der Waals surface area contributed by atoms with Gasteiger partial charge in [-0.3, -0.25) is 4.89 Å². The van der Waals surface area contributed by atoms with Crippen LogP contribution in [-0.2, 0) is 9.62 Å². The molecule has 1 aliphatic rings. The minimum atomic E-state index is -0.813. The number of carbonyl (C=O) groups is 1. The zero-order valence-electron chi connectivity index (χ0n) is 9.39. The van der Waals surface area contributed by atoms with Gasteiger partial charge in [0.1, 0.15) is 0 Å². The summed E-state index contributed by atoms with van der Waals surface area (Å²) in [5, 5.41) is 8.41. The molecule has 1 fully saturated rings. The fourth-order valence-electron chi connectivity index (χ4n) is 1.36. The molecule has 0 amide bonds. The molecule has 0 unspecified atom stereocenters. The Bertz CT molecular complexity index is 339. The van der Waals surface area contributed by atoms with Crippen molar-refractivity contribution in [1.82, 2.24) is 0 Å². The molecule has 5 heteroatoms. The molecular weight excluding hydrogens is 244 g/mol. The molecule has 94 valence electrons. The molecule has 0 saturated carbocycles. The fourth-order valence-corrected chi connectivity index (χ4v) is 1.55. The lowest BCUT2D eigenvalue weighted by Gasteiger charge is -2.08. The van der Waals surface area contributed by atoms with Crippen LogP contribution in [0.3, 0.4) is 0 Å². The minimum Gasteiger partial charge on any atom is -0.381 e. The predicted molar refractivity (Wildman–Crippen MR) is 64.2 cm³/mol. The summed E-state index contributed by atoms with van der Waals surface area (Å²) in [6.07, 6.45) is 3.93. The maximum absolute atomic E-state index is 10.6. The number of rotatable bonds is 1. The Morgan fingerprint density at radius 2 is 2.00 bits per heavy atom. The van der Waals surface area contributed by atoms with Crippen molar-refractivity contribution >= 4 is 17.6 Å². The first-order valence-corrected chi connectivity index (χ1v) is 5.81. The highest BCUT2D eigenvalue weighted by Crippen LogP contribution is 2.10. The van der Waals surface area contributed by atoms with Gasteiger partial charge in [-0.25, -0.2) is 4.79 Å². The van der Waals surface area contributed by atoms with Crippen molar-refractivity contribution in [3.05, 3.63) is 34.9 Å². The molecule has 4 nitrogen and oxygen atoms in total. The Labute approximate surface area is 105 Å². The summed E-state index contributed by atoms with van der Waals surface area (Å²) in [5.41, 5.74) is 0.222. The summed E-state index contributed by atoms with van der Waals surface area (Å²) in [6, 6.07) is 6.11. The normalized spacial score (nSPS) is 14.5. The van der Waals surface area contributed by atoms with Gasteiger partial charge in [-0.1, -0.05) is 17.7 Å². The molecule has 0 atom stereocenters. The third kappa shape index (κ3) is 5.68. The summed E-state index contributed by atoms with van der Waals surface area (Å²) < 4.78 is 5.07. The average molecular weight is 259 g/mol. The quantitative estimate of drug-likeness (QED) is 0.621. The van der Waals surface area contributed by atoms with Gasteiger partial charge in [0.05, 0.1) is 5.56 Å². The largest absolute Gasteiger partial charge is 0.381 e. The van der Waals surface area contributed by atoms with Gasteiger partial charge in [-0.05, 0) is 37.5 Å². The van der Waals surface area contributed by atoms with Gasteiger partial charge in [0.15, 0.2) is 0 Å². The molecule has 0 aromatic heterocycles. The maximum atomic E-state index is 10.6. The fraction of sp³-hybridized carbons (Fsp3) is 0.417. The van der Waals surface area contributed by atoms with Gasteiger partial charge >= 0.3 is 5.97 Å². The first-order chi connectivity index (χ1) is 8.24. The van der Waals surface area contributed by atoms with E-state index in [2.05, 4.69) is 4.89 Å². The second kappa shape index (κ2) is 8.06.